The van der Waals surface area contributed by atoms with Crippen LogP contribution in [0.3, 0.4) is 0 Å². The predicted molar refractivity (Wildman–Crippen MR) is 84.9 cm³/mol. The van der Waals surface area contributed by atoms with Gasteiger partial charge in [0.15, 0.2) is 5.69 Å². The zero-order valence-electron chi connectivity index (χ0n) is 13.2. The lowest BCUT2D eigenvalue weighted by Gasteiger charge is -2.13. The SMILES string of the molecule is CCCCc1ccc(-n2nnc(C(=O)O)c2C2CCCO2)cc1. The summed E-state index contributed by atoms with van der Waals surface area (Å²) < 4.78 is 7.26. The van der Waals surface area contributed by atoms with Crippen molar-refractivity contribution in [2.45, 2.75) is 45.1 Å². The third-order valence-corrected chi connectivity index (χ3v) is 4.14. The molecule has 0 aliphatic carbocycles. The Morgan fingerprint density at radius 2 is 2.17 bits per heavy atom. The summed E-state index contributed by atoms with van der Waals surface area (Å²) in [6.07, 6.45) is 4.83. The Morgan fingerprint density at radius 1 is 1.39 bits per heavy atom. The number of benzene rings is 1. The van der Waals surface area contributed by atoms with Crippen LogP contribution in [0, 0.1) is 0 Å². The van der Waals surface area contributed by atoms with Crippen molar-refractivity contribution >= 4 is 5.97 Å². The molecule has 0 amide bonds. The van der Waals surface area contributed by atoms with E-state index in [1.807, 2.05) is 12.1 Å². The van der Waals surface area contributed by atoms with Crippen LogP contribution in [0.1, 0.15) is 60.5 Å². The van der Waals surface area contributed by atoms with Crippen LogP contribution in [0.25, 0.3) is 5.69 Å². The molecule has 1 aliphatic heterocycles. The van der Waals surface area contributed by atoms with Crippen molar-refractivity contribution in [3.05, 3.63) is 41.2 Å². The van der Waals surface area contributed by atoms with Crippen LogP contribution in [0.5, 0.6) is 0 Å². The molecule has 1 aromatic carbocycles. The van der Waals surface area contributed by atoms with Gasteiger partial charge in [0.25, 0.3) is 0 Å². The van der Waals surface area contributed by atoms with Crippen LogP contribution in [0.2, 0.25) is 0 Å². The minimum absolute atomic E-state index is 0.0213. The number of carboxylic acid groups (broad SMARTS) is 1. The number of carboxylic acids is 1. The van der Waals surface area contributed by atoms with Gasteiger partial charge >= 0.3 is 5.97 Å². The Kier molecular flexibility index (Phi) is 4.71. The first-order valence-electron chi connectivity index (χ1n) is 8.10. The molecular weight excluding hydrogens is 294 g/mol. The molecule has 0 bridgehead atoms. The summed E-state index contributed by atoms with van der Waals surface area (Å²) in [7, 11) is 0. The Hall–Kier alpha value is -2.21. The summed E-state index contributed by atoms with van der Waals surface area (Å²) >= 11 is 0. The molecule has 1 N–H and O–H groups in total. The van der Waals surface area contributed by atoms with E-state index < -0.39 is 5.97 Å². The molecular formula is C17H21N3O3. The molecule has 0 saturated carbocycles. The molecule has 1 atom stereocenters. The van der Waals surface area contributed by atoms with E-state index >= 15 is 0 Å². The number of unbranched alkanes of at least 4 members (excludes halogenated alkanes) is 1. The molecule has 2 heterocycles. The normalized spacial score (nSPS) is 17.5. The monoisotopic (exact) mass is 315 g/mol. The van der Waals surface area contributed by atoms with Crippen molar-refractivity contribution in [1.29, 1.82) is 0 Å². The fourth-order valence-corrected chi connectivity index (χ4v) is 2.90. The molecule has 1 unspecified atom stereocenters. The van der Waals surface area contributed by atoms with Crippen LogP contribution in [-0.2, 0) is 11.2 Å². The minimum Gasteiger partial charge on any atom is -0.476 e. The standard InChI is InChI=1S/C17H21N3O3/c1-2-3-5-12-7-9-13(10-8-12)20-16(14-6-4-11-23-14)15(17(21)22)18-19-20/h7-10,14H,2-6,11H2,1H3,(H,21,22). The molecule has 0 spiro atoms. The first kappa shape index (κ1) is 15.7. The Labute approximate surface area is 135 Å². The van der Waals surface area contributed by atoms with E-state index in [1.54, 1.807) is 4.68 Å². The third kappa shape index (κ3) is 3.27. The van der Waals surface area contributed by atoms with Crippen molar-refractivity contribution in [1.82, 2.24) is 15.0 Å². The van der Waals surface area contributed by atoms with Crippen molar-refractivity contribution in [3.63, 3.8) is 0 Å². The molecule has 122 valence electrons. The van der Waals surface area contributed by atoms with Gasteiger partial charge in [-0.05, 0) is 43.4 Å². The molecule has 1 fully saturated rings. The molecule has 2 aromatic rings. The topological polar surface area (TPSA) is 77.2 Å². The molecule has 1 aliphatic rings. The van der Waals surface area contributed by atoms with E-state index in [2.05, 4.69) is 29.4 Å². The highest BCUT2D eigenvalue weighted by molar-refractivity contribution is 5.86. The average molecular weight is 315 g/mol. The quantitative estimate of drug-likeness (QED) is 0.886. The number of carbonyl (C=O) groups is 1. The summed E-state index contributed by atoms with van der Waals surface area (Å²) in [5.74, 6) is -1.07. The van der Waals surface area contributed by atoms with E-state index in [0.717, 1.165) is 37.8 Å². The lowest BCUT2D eigenvalue weighted by molar-refractivity contribution is 0.0673. The highest BCUT2D eigenvalue weighted by atomic mass is 16.5. The summed E-state index contributed by atoms with van der Waals surface area (Å²) in [6, 6.07) is 8.05. The molecule has 0 radical (unpaired) electrons. The molecule has 23 heavy (non-hydrogen) atoms. The maximum absolute atomic E-state index is 11.4. The Morgan fingerprint density at radius 3 is 2.78 bits per heavy atom. The predicted octanol–water partition coefficient (Wildman–Crippen LogP) is 3.16. The van der Waals surface area contributed by atoms with Gasteiger partial charge in [-0.2, -0.15) is 0 Å². The van der Waals surface area contributed by atoms with Crippen LogP contribution < -0.4 is 0 Å². The van der Waals surface area contributed by atoms with Gasteiger partial charge in [-0.1, -0.05) is 30.7 Å². The van der Waals surface area contributed by atoms with E-state index in [-0.39, 0.29) is 11.8 Å². The van der Waals surface area contributed by atoms with Gasteiger partial charge in [0.1, 0.15) is 11.8 Å². The first-order chi connectivity index (χ1) is 11.2. The second-order valence-electron chi connectivity index (χ2n) is 5.81. The van der Waals surface area contributed by atoms with Crippen molar-refractivity contribution < 1.29 is 14.6 Å². The number of aromatic carboxylic acids is 1. The summed E-state index contributed by atoms with van der Waals surface area (Å²) in [4.78, 5) is 11.4. The Bertz CT molecular complexity index is 673. The van der Waals surface area contributed by atoms with Crippen molar-refractivity contribution in [3.8, 4) is 5.69 Å². The Balaban J connectivity index is 1.94. The van der Waals surface area contributed by atoms with Crippen molar-refractivity contribution in [2.75, 3.05) is 6.61 Å². The number of ether oxygens (including phenoxy) is 1. The molecule has 6 heteroatoms. The van der Waals surface area contributed by atoms with E-state index in [0.29, 0.717) is 12.3 Å². The fraction of sp³-hybridized carbons (Fsp3) is 0.471. The molecule has 1 aromatic heterocycles. The van der Waals surface area contributed by atoms with Gasteiger partial charge in [0.2, 0.25) is 0 Å². The van der Waals surface area contributed by atoms with Crippen molar-refractivity contribution in [2.24, 2.45) is 0 Å². The first-order valence-corrected chi connectivity index (χ1v) is 8.10. The largest absolute Gasteiger partial charge is 0.476 e. The lowest BCUT2D eigenvalue weighted by atomic mass is 10.1. The zero-order valence-corrected chi connectivity index (χ0v) is 13.2. The third-order valence-electron chi connectivity index (χ3n) is 4.14. The molecule has 3 rings (SSSR count). The van der Waals surface area contributed by atoms with E-state index in [9.17, 15) is 9.90 Å². The fourth-order valence-electron chi connectivity index (χ4n) is 2.90. The minimum atomic E-state index is -1.07. The van der Waals surface area contributed by atoms with Gasteiger partial charge < -0.3 is 9.84 Å². The van der Waals surface area contributed by atoms with Gasteiger partial charge in [0.05, 0.1) is 5.69 Å². The number of aromatic nitrogens is 3. The van der Waals surface area contributed by atoms with Gasteiger partial charge in [0, 0.05) is 6.61 Å². The van der Waals surface area contributed by atoms with Crippen LogP contribution in [0.4, 0.5) is 0 Å². The van der Waals surface area contributed by atoms with Crippen LogP contribution >= 0.6 is 0 Å². The van der Waals surface area contributed by atoms with Gasteiger partial charge in [-0.25, -0.2) is 9.48 Å². The summed E-state index contributed by atoms with van der Waals surface area (Å²) in [6.45, 7) is 2.82. The molecule has 1 saturated heterocycles. The second-order valence-corrected chi connectivity index (χ2v) is 5.81. The highest BCUT2D eigenvalue weighted by Crippen LogP contribution is 2.31. The van der Waals surface area contributed by atoms with Crippen LogP contribution in [-0.4, -0.2) is 32.7 Å². The number of aryl methyl sites for hydroxylation is 1. The average Bonchev–Trinajstić information content (AvgIpc) is 3.22. The summed E-state index contributed by atoms with van der Waals surface area (Å²) in [5, 5.41) is 17.2. The molecule has 6 nitrogen and oxygen atoms in total. The van der Waals surface area contributed by atoms with Gasteiger partial charge in [-0.15, -0.1) is 5.10 Å². The summed E-state index contributed by atoms with van der Waals surface area (Å²) in [5.41, 5.74) is 2.60. The number of nitrogens with zero attached hydrogens (tertiary/aromatic N) is 3. The van der Waals surface area contributed by atoms with Crippen LogP contribution in [0.15, 0.2) is 24.3 Å². The zero-order chi connectivity index (χ0) is 16.2. The smallest absolute Gasteiger partial charge is 0.358 e. The highest BCUT2D eigenvalue weighted by Gasteiger charge is 2.30. The maximum atomic E-state index is 11.4. The van der Waals surface area contributed by atoms with E-state index in [1.165, 1.54) is 5.56 Å². The maximum Gasteiger partial charge on any atom is 0.358 e. The van der Waals surface area contributed by atoms with E-state index in [4.69, 9.17) is 4.74 Å². The lowest BCUT2D eigenvalue weighted by Crippen LogP contribution is -2.11. The van der Waals surface area contributed by atoms with Gasteiger partial charge in [-0.3, -0.25) is 0 Å². The second kappa shape index (κ2) is 6.91. The number of hydrogen-bond acceptors (Lipinski definition) is 4. The number of rotatable bonds is 6. The number of hydrogen-bond donors (Lipinski definition) is 1.